The zero-order valence-corrected chi connectivity index (χ0v) is 21.0. The number of amidine groups is 1. The number of aromatic carboxylic acids is 1. The molecule has 3 aromatic carbocycles. The maximum absolute atomic E-state index is 12.9. The average Bonchev–Trinajstić information content (AvgIpc) is 3.07. The molecule has 1 saturated heterocycles. The highest BCUT2D eigenvalue weighted by molar-refractivity contribution is 9.10. The number of amides is 1. The average molecular weight is 558 g/mol. The number of carbonyl (C=O) groups is 2. The Bertz CT molecular complexity index is 1320. The van der Waals surface area contributed by atoms with Crippen LogP contribution in [0.15, 0.2) is 81.1 Å². The summed E-state index contributed by atoms with van der Waals surface area (Å²) in [7, 11) is 1.63. The molecule has 1 N–H and O–H groups in total. The highest BCUT2D eigenvalue weighted by Crippen LogP contribution is 2.35. The van der Waals surface area contributed by atoms with Crippen LogP contribution in [0, 0.1) is 0 Å². The molecule has 1 fully saturated rings. The third-order valence-electron chi connectivity index (χ3n) is 4.89. The van der Waals surface area contributed by atoms with Crippen molar-refractivity contribution in [3.8, 4) is 5.75 Å². The number of hydrogen-bond acceptors (Lipinski definition) is 5. The van der Waals surface area contributed by atoms with Crippen LogP contribution in [-0.4, -0.2) is 34.1 Å². The van der Waals surface area contributed by atoms with Crippen LogP contribution in [0.3, 0.4) is 0 Å². The van der Waals surface area contributed by atoms with Gasteiger partial charge in [0.25, 0.3) is 5.91 Å². The van der Waals surface area contributed by atoms with Crippen LogP contribution in [0.25, 0.3) is 6.08 Å². The van der Waals surface area contributed by atoms with Crippen LogP contribution in [0.2, 0.25) is 5.02 Å². The Morgan fingerprint density at radius 3 is 2.68 bits per heavy atom. The normalized spacial score (nSPS) is 15.9. The second-order valence-corrected chi connectivity index (χ2v) is 9.68. The molecule has 172 valence electrons. The first-order valence-electron chi connectivity index (χ1n) is 10.1. The number of thioether (sulfide) groups is 1. The van der Waals surface area contributed by atoms with Crippen LogP contribution in [0.1, 0.15) is 21.5 Å². The van der Waals surface area contributed by atoms with Crippen molar-refractivity contribution in [3.05, 3.63) is 97.8 Å². The number of carboxylic acid groups (broad SMARTS) is 1. The molecule has 0 spiro atoms. The summed E-state index contributed by atoms with van der Waals surface area (Å²) in [5, 5.41) is 10.3. The molecule has 9 heteroatoms. The van der Waals surface area contributed by atoms with Crippen LogP contribution in [0.5, 0.6) is 5.75 Å². The van der Waals surface area contributed by atoms with Crippen molar-refractivity contribution >= 4 is 68.1 Å². The number of rotatable bonds is 6. The monoisotopic (exact) mass is 556 g/mol. The smallest absolute Gasteiger partial charge is 0.335 e. The highest BCUT2D eigenvalue weighted by Gasteiger charge is 2.30. The van der Waals surface area contributed by atoms with Gasteiger partial charge in [-0.1, -0.05) is 45.7 Å². The van der Waals surface area contributed by atoms with Gasteiger partial charge in [-0.25, -0.2) is 9.79 Å². The molecule has 0 unspecified atom stereocenters. The van der Waals surface area contributed by atoms with Gasteiger partial charge in [-0.05, 0) is 71.9 Å². The Hall–Kier alpha value is -3.07. The van der Waals surface area contributed by atoms with E-state index in [1.807, 2.05) is 30.3 Å². The first kappa shape index (κ1) is 24.1. The molecule has 1 aliphatic heterocycles. The van der Waals surface area contributed by atoms with Gasteiger partial charge in [0.05, 0.1) is 16.2 Å². The summed E-state index contributed by atoms with van der Waals surface area (Å²) < 4.78 is 6.87. The minimum Gasteiger partial charge on any atom is -0.488 e. The summed E-state index contributed by atoms with van der Waals surface area (Å²) in [6.07, 6.45) is 1.77. The zero-order chi connectivity index (χ0) is 24.2. The van der Waals surface area contributed by atoms with E-state index in [0.29, 0.717) is 33.1 Å². The lowest BCUT2D eigenvalue weighted by Gasteiger charge is -2.10. The topological polar surface area (TPSA) is 79.2 Å². The summed E-state index contributed by atoms with van der Waals surface area (Å²) in [6.45, 7) is 0.350. The summed E-state index contributed by atoms with van der Waals surface area (Å²) in [5.41, 5.74) is 2.29. The molecule has 34 heavy (non-hydrogen) atoms. The SMILES string of the molecule is CN1C(=O)C(=Cc2cc(Br)ccc2OCc2ccc(Cl)cc2)SC1=Nc1cccc(C(=O)O)c1. The zero-order valence-electron chi connectivity index (χ0n) is 17.9. The molecule has 0 saturated carbocycles. The summed E-state index contributed by atoms with van der Waals surface area (Å²) in [5.74, 6) is -0.616. The predicted octanol–water partition coefficient (Wildman–Crippen LogP) is 6.61. The molecule has 0 atom stereocenters. The van der Waals surface area contributed by atoms with Crippen molar-refractivity contribution in [2.75, 3.05) is 7.05 Å². The number of benzene rings is 3. The van der Waals surface area contributed by atoms with Crippen LogP contribution in [0.4, 0.5) is 5.69 Å². The third-order valence-corrected chi connectivity index (χ3v) is 6.69. The maximum Gasteiger partial charge on any atom is 0.335 e. The van der Waals surface area contributed by atoms with E-state index >= 15 is 0 Å². The van der Waals surface area contributed by atoms with Crippen molar-refractivity contribution in [1.82, 2.24) is 4.90 Å². The lowest BCUT2D eigenvalue weighted by atomic mass is 10.1. The fourth-order valence-electron chi connectivity index (χ4n) is 3.12. The third kappa shape index (κ3) is 5.70. The van der Waals surface area contributed by atoms with Gasteiger partial charge in [-0.3, -0.25) is 9.69 Å². The van der Waals surface area contributed by atoms with Crippen molar-refractivity contribution in [1.29, 1.82) is 0 Å². The number of hydrogen-bond donors (Lipinski definition) is 1. The molecule has 0 aliphatic carbocycles. The maximum atomic E-state index is 12.9. The Balaban J connectivity index is 1.59. The summed E-state index contributed by atoms with van der Waals surface area (Å²) >= 11 is 10.6. The molecule has 1 amide bonds. The minimum absolute atomic E-state index is 0.131. The van der Waals surface area contributed by atoms with Gasteiger partial charge < -0.3 is 9.84 Å². The lowest BCUT2D eigenvalue weighted by molar-refractivity contribution is -0.121. The number of nitrogens with zero attached hydrogens (tertiary/aromatic N) is 2. The van der Waals surface area contributed by atoms with Crippen molar-refractivity contribution in [2.24, 2.45) is 4.99 Å². The molecule has 0 bridgehead atoms. The Morgan fingerprint density at radius 2 is 1.94 bits per heavy atom. The van der Waals surface area contributed by atoms with E-state index < -0.39 is 5.97 Å². The van der Waals surface area contributed by atoms with Crippen LogP contribution in [-0.2, 0) is 11.4 Å². The fraction of sp³-hybridized carbons (Fsp3) is 0.0800. The van der Waals surface area contributed by atoms with E-state index in [1.165, 1.54) is 28.8 Å². The summed E-state index contributed by atoms with van der Waals surface area (Å²) in [4.78, 5) is 30.5. The Morgan fingerprint density at radius 1 is 1.18 bits per heavy atom. The van der Waals surface area contributed by atoms with E-state index in [0.717, 1.165) is 15.6 Å². The molecule has 6 nitrogen and oxygen atoms in total. The molecule has 3 aromatic rings. The van der Waals surface area contributed by atoms with E-state index in [1.54, 1.807) is 37.4 Å². The van der Waals surface area contributed by atoms with Gasteiger partial charge >= 0.3 is 5.97 Å². The minimum atomic E-state index is -1.04. The lowest BCUT2D eigenvalue weighted by Crippen LogP contribution is -2.23. The highest BCUT2D eigenvalue weighted by atomic mass is 79.9. The van der Waals surface area contributed by atoms with Gasteiger partial charge in [0.1, 0.15) is 12.4 Å². The van der Waals surface area contributed by atoms with Crippen molar-refractivity contribution < 1.29 is 19.4 Å². The molecule has 0 aromatic heterocycles. The van der Waals surface area contributed by atoms with E-state index in [2.05, 4.69) is 20.9 Å². The Labute approximate surface area is 214 Å². The van der Waals surface area contributed by atoms with Gasteiger partial charge in [0.15, 0.2) is 5.17 Å². The van der Waals surface area contributed by atoms with Gasteiger partial charge in [0.2, 0.25) is 0 Å². The molecule has 1 aliphatic rings. The van der Waals surface area contributed by atoms with Crippen LogP contribution < -0.4 is 4.74 Å². The second-order valence-electron chi connectivity index (χ2n) is 7.32. The van der Waals surface area contributed by atoms with Gasteiger partial charge in [-0.15, -0.1) is 0 Å². The standard InChI is InChI=1S/C25H18BrClN2O4S/c1-29-23(30)22(34-25(29)28-20-4-2-3-16(12-20)24(31)32)13-17-11-18(26)7-10-21(17)33-14-15-5-8-19(27)9-6-15/h2-13H,14H2,1H3,(H,31,32). The first-order valence-corrected chi connectivity index (χ1v) is 12.1. The predicted molar refractivity (Wildman–Crippen MR) is 139 cm³/mol. The number of aliphatic imine (C=N–C) groups is 1. The first-order chi connectivity index (χ1) is 16.3. The number of likely N-dealkylation sites (N-methyl/N-ethyl adjacent to an activating group) is 1. The molecule has 4 rings (SSSR count). The second kappa shape index (κ2) is 10.5. The number of halogens is 2. The number of carboxylic acids is 1. The quantitative estimate of drug-likeness (QED) is 0.345. The summed E-state index contributed by atoms with van der Waals surface area (Å²) in [6, 6.07) is 19.3. The van der Waals surface area contributed by atoms with E-state index in [9.17, 15) is 14.7 Å². The van der Waals surface area contributed by atoms with Crippen molar-refractivity contribution in [3.63, 3.8) is 0 Å². The van der Waals surface area contributed by atoms with Gasteiger partial charge in [-0.2, -0.15) is 0 Å². The number of ether oxygens (including phenoxy) is 1. The Kier molecular flexibility index (Phi) is 7.41. The van der Waals surface area contributed by atoms with Crippen molar-refractivity contribution in [2.45, 2.75) is 6.61 Å². The largest absolute Gasteiger partial charge is 0.488 e. The molecular formula is C25H18BrClN2O4S. The number of carbonyl (C=O) groups excluding carboxylic acids is 1. The fourth-order valence-corrected chi connectivity index (χ4v) is 4.60. The van der Waals surface area contributed by atoms with Crippen LogP contribution >= 0.6 is 39.3 Å². The molecule has 0 radical (unpaired) electrons. The van der Waals surface area contributed by atoms with E-state index in [-0.39, 0.29) is 11.5 Å². The molecular weight excluding hydrogens is 540 g/mol. The molecule has 1 heterocycles. The van der Waals surface area contributed by atoms with E-state index in [4.69, 9.17) is 16.3 Å². The van der Waals surface area contributed by atoms with Gasteiger partial charge in [0, 0.05) is 22.1 Å².